The summed E-state index contributed by atoms with van der Waals surface area (Å²) in [7, 11) is 3.24. The van der Waals surface area contributed by atoms with Crippen LogP contribution in [0.2, 0.25) is 0 Å². The van der Waals surface area contributed by atoms with Gasteiger partial charge in [-0.15, -0.1) is 11.8 Å². The lowest BCUT2D eigenvalue weighted by Crippen LogP contribution is -2.08. The van der Waals surface area contributed by atoms with E-state index < -0.39 is 0 Å². The highest BCUT2D eigenvalue weighted by molar-refractivity contribution is 7.99. The Bertz CT molecular complexity index is 405. The van der Waals surface area contributed by atoms with Crippen molar-refractivity contribution in [2.45, 2.75) is 23.8 Å². The number of hydrogen-bond acceptors (Lipinski definition) is 5. The predicted molar refractivity (Wildman–Crippen MR) is 73.7 cm³/mol. The zero-order chi connectivity index (χ0) is 13.0. The predicted octanol–water partition coefficient (Wildman–Crippen LogP) is 2.56. The van der Waals surface area contributed by atoms with Gasteiger partial charge >= 0.3 is 0 Å². The van der Waals surface area contributed by atoms with Crippen molar-refractivity contribution < 1.29 is 14.2 Å². The van der Waals surface area contributed by atoms with Crippen molar-refractivity contribution in [2.75, 3.05) is 32.3 Å². The van der Waals surface area contributed by atoms with E-state index in [1.165, 1.54) is 0 Å². The number of nitrogen functional groups attached to an aromatic ring is 1. The number of nitrogens with two attached hydrogens (primary N) is 1. The molecule has 2 rings (SSSR count). The molecular weight excluding hydrogens is 250 g/mol. The van der Waals surface area contributed by atoms with E-state index >= 15 is 0 Å². The van der Waals surface area contributed by atoms with Crippen LogP contribution in [0, 0.1) is 0 Å². The summed E-state index contributed by atoms with van der Waals surface area (Å²) in [6.07, 6.45) is 2.65. The van der Waals surface area contributed by atoms with Crippen molar-refractivity contribution in [3.8, 4) is 11.5 Å². The fraction of sp³-hybridized carbons (Fsp3) is 0.538. The zero-order valence-electron chi connectivity index (χ0n) is 10.8. The Morgan fingerprint density at radius 1 is 1.33 bits per heavy atom. The number of thioether (sulfide) groups is 1. The van der Waals surface area contributed by atoms with Gasteiger partial charge in [0.1, 0.15) is 0 Å². The van der Waals surface area contributed by atoms with Gasteiger partial charge in [-0.3, -0.25) is 0 Å². The van der Waals surface area contributed by atoms with Crippen molar-refractivity contribution >= 4 is 17.4 Å². The lowest BCUT2D eigenvalue weighted by molar-refractivity contribution is 0.129. The van der Waals surface area contributed by atoms with Gasteiger partial charge in [0.2, 0.25) is 0 Å². The van der Waals surface area contributed by atoms with Crippen LogP contribution in [0.15, 0.2) is 17.0 Å². The third-order valence-electron chi connectivity index (χ3n) is 2.96. The molecule has 1 aliphatic rings. The van der Waals surface area contributed by atoms with Crippen molar-refractivity contribution in [1.29, 1.82) is 0 Å². The number of hydrogen-bond donors (Lipinski definition) is 1. The van der Waals surface area contributed by atoms with Gasteiger partial charge in [0, 0.05) is 29.0 Å². The van der Waals surface area contributed by atoms with Crippen LogP contribution >= 0.6 is 11.8 Å². The van der Waals surface area contributed by atoms with Gasteiger partial charge in [0.15, 0.2) is 11.5 Å². The lowest BCUT2D eigenvalue weighted by Gasteiger charge is -2.13. The van der Waals surface area contributed by atoms with E-state index in [4.69, 9.17) is 19.9 Å². The Labute approximate surface area is 112 Å². The Kier molecular flexibility index (Phi) is 4.60. The summed E-state index contributed by atoms with van der Waals surface area (Å²) in [6.45, 7) is 0.882. The smallest absolute Gasteiger partial charge is 0.162 e. The molecule has 18 heavy (non-hydrogen) atoms. The van der Waals surface area contributed by atoms with Crippen molar-refractivity contribution in [3.05, 3.63) is 12.1 Å². The molecule has 0 radical (unpaired) electrons. The Morgan fingerprint density at radius 3 is 2.67 bits per heavy atom. The molecule has 0 saturated carbocycles. The molecule has 0 bridgehead atoms. The first-order chi connectivity index (χ1) is 8.74. The van der Waals surface area contributed by atoms with Crippen molar-refractivity contribution in [1.82, 2.24) is 0 Å². The molecule has 0 aromatic heterocycles. The van der Waals surface area contributed by atoms with Crippen LogP contribution in [0.3, 0.4) is 0 Å². The molecule has 1 unspecified atom stereocenters. The molecule has 2 N–H and O–H groups in total. The van der Waals surface area contributed by atoms with E-state index in [2.05, 4.69) is 0 Å². The van der Waals surface area contributed by atoms with Gasteiger partial charge in [-0.2, -0.15) is 0 Å². The highest BCUT2D eigenvalue weighted by Gasteiger charge is 2.17. The number of methoxy groups -OCH3 is 2. The minimum atomic E-state index is 0.350. The van der Waals surface area contributed by atoms with E-state index in [0.717, 1.165) is 35.8 Å². The molecule has 0 amide bonds. The van der Waals surface area contributed by atoms with Gasteiger partial charge < -0.3 is 19.9 Å². The first-order valence-corrected chi connectivity index (χ1v) is 6.99. The van der Waals surface area contributed by atoms with Gasteiger partial charge in [-0.1, -0.05) is 0 Å². The summed E-state index contributed by atoms with van der Waals surface area (Å²) in [5, 5.41) is 0. The molecular formula is C13H19NO3S. The molecule has 1 atom stereocenters. The average molecular weight is 269 g/mol. The molecule has 1 heterocycles. The highest BCUT2D eigenvalue weighted by atomic mass is 32.2. The van der Waals surface area contributed by atoms with Crippen LogP contribution in [0.25, 0.3) is 0 Å². The molecule has 4 nitrogen and oxygen atoms in total. The van der Waals surface area contributed by atoms with Crippen molar-refractivity contribution in [2.24, 2.45) is 0 Å². The molecule has 1 aliphatic heterocycles. The largest absolute Gasteiger partial charge is 0.493 e. The van der Waals surface area contributed by atoms with E-state index in [1.54, 1.807) is 32.0 Å². The van der Waals surface area contributed by atoms with E-state index in [1.807, 2.05) is 6.07 Å². The minimum Gasteiger partial charge on any atom is -0.493 e. The highest BCUT2D eigenvalue weighted by Crippen LogP contribution is 2.37. The molecule has 0 aliphatic carbocycles. The molecule has 1 fully saturated rings. The normalized spacial score (nSPS) is 18.9. The molecule has 1 aromatic rings. The molecule has 100 valence electrons. The van der Waals surface area contributed by atoms with Gasteiger partial charge in [0.25, 0.3) is 0 Å². The Hall–Kier alpha value is -1.07. The minimum absolute atomic E-state index is 0.350. The Balaban J connectivity index is 2.06. The van der Waals surface area contributed by atoms with Crippen LogP contribution in [-0.4, -0.2) is 32.7 Å². The molecule has 0 spiro atoms. The molecule has 5 heteroatoms. The van der Waals surface area contributed by atoms with Crippen LogP contribution in [0.1, 0.15) is 12.8 Å². The van der Waals surface area contributed by atoms with Gasteiger partial charge in [-0.05, 0) is 18.9 Å². The maximum atomic E-state index is 6.01. The standard InChI is InChI=1S/C13H19NO3S/c1-15-11-6-10(14)13(7-12(11)16-2)18-8-9-4-3-5-17-9/h6-7,9H,3-5,8,14H2,1-2H3. The quantitative estimate of drug-likeness (QED) is 0.657. The summed E-state index contributed by atoms with van der Waals surface area (Å²) >= 11 is 1.71. The molecule has 1 aromatic carbocycles. The number of ether oxygens (including phenoxy) is 3. The first-order valence-electron chi connectivity index (χ1n) is 6.00. The van der Waals surface area contributed by atoms with Gasteiger partial charge in [-0.25, -0.2) is 0 Å². The number of rotatable bonds is 5. The number of anilines is 1. The Morgan fingerprint density at radius 2 is 2.06 bits per heavy atom. The van der Waals surface area contributed by atoms with Crippen LogP contribution in [0.4, 0.5) is 5.69 Å². The number of benzene rings is 1. The summed E-state index contributed by atoms with van der Waals surface area (Å²) in [6, 6.07) is 3.73. The van der Waals surface area contributed by atoms with Crippen LogP contribution in [0.5, 0.6) is 11.5 Å². The molecule has 1 saturated heterocycles. The van der Waals surface area contributed by atoms with Gasteiger partial charge in [0.05, 0.1) is 20.3 Å². The fourth-order valence-corrected chi connectivity index (χ4v) is 3.00. The second kappa shape index (κ2) is 6.20. The first kappa shape index (κ1) is 13.4. The SMILES string of the molecule is COc1cc(N)c(SCC2CCCO2)cc1OC. The van der Waals surface area contributed by atoms with Crippen LogP contribution in [-0.2, 0) is 4.74 Å². The summed E-state index contributed by atoms with van der Waals surface area (Å²) in [4.78, 5) is 1.02. The topological polar surface area (TPSA) is 53.7 Å². The fourth-order valence-electron chi connectivity index (χ4n) is 1.96. The van der Waals surface area contributed by atoms with E-state index in [9.17, 15) is 0 Å². The second-order valence-corrected chi connectivity index (χ2v) is 5.25. The summed E-state index contributed by atoms with van der Waals surface area (Å²) < 4.78 is 16.1. The third kappa shape index (κ3) is 3.03. The van der Waals surface area contributed by atoms with Crippen molar-refractivity contribution in [3.63, 3.8) is 0 Å². The lowest BCUT2D eigenvalue weighted by atomic mass is 10.3. The van der Waals surface area contributed by atoms with E-state index in [-0.39, 0.29) is 0 Å². The maximum Gasteiger partial charge on any atom is 0.162 e. The summed E-state index contributed by atoms with van der Waals surface area (Å²) in [5.41, 5.74) is 6.73. The second-order valence-electron chi connectivity index (χ2n) is 4.19. The van der Waals surface area contributed by atoms with E-state index in [0.29, 0.717) is 17.6 Å². The monoisotopic (exact) mass is 269 g/mol. The average Bonchev–Trinajstić information content (AvgIpc) is 2.90. The maximum absolute atomic E-state index is 6.01. The zero-order valence-corrected chi connectivity index (χ0v) is 11.6. The van der Waals surface area contributed by atoms with Crippen LogP contribution < -0.4 is 15.2 Å². The summed E-state index contributed by atoms with van der Waals surface area (Å²) in [5.74, 6) is 2.30. The third-order valence-corrected chi connectivity index (χ3v) is 4.17.